The van der Waals surface area contributed by atoms with Crippen LogP contribution in [0.4, 0.5) is 8.78 Å². The molecule has 0 saturated heterocycles. The van der Waals surface area contributed by atoms with Crippen molar-refractivity contribution in [3.05, 3.63) is 27.2 Å². The Morgan fingerprint density at radius 1 is 1.53 bits per heavy atom. The highest BCUT2D eigenvalue weighted by Gasteiger charge is 2.18. The molecule has 3 nitrogen and oxygen atoms in total. The van der Waals surface area contributed by atoms with Gasteiger partial charge in [-0.25, -0.2) is 4.79 Å². The molecule has 82 valence electrons. The van der Waals surface area contributed by atoms with Crippen molar-refractivity contribution in [1.82, 2.24) is 0 Å². The number of ether oxygens (including phenoxy) is 1. The SMILES string of the molecule is O=C(O)c1ccc(Br)c(OC(F)F)c1Cl. The normalized spacial score (nSPS) is 10.5. The number of rotatable bonds is 3. The maximum Gasteiger partial charge on any atom is 0.387 e. The highest BCUT2D eigenvalue weighted by molar-refractivity contribution is 9.10. The van der Waals surface area contributed by atoms with Crippen LogP contribution in [0.15, 0.2) is 16.6 Å². The highest BCUT2D eigenvalue weighted by Crippen LogP contribution is 2.36. The molecule has 1 N–H and O–H groups in total. The Bertz CT molecular complexity index is 398. The van der Waals surface area contributed by atoms with Gasteiger partial charge in [-0.3, -0.25) is 0 Å². The maximum atomic E-state index is 12.0. The van der Waals surface area contributed by atoms with Gasteiger partial charge in [0.1, 0.15) is 0 Å². The molecule has 0 unspecified atom stereocenters. The average Bonchev–Trinajstić information content (AvgIpc) is 2.11. The van der Waals surface area contributed by atoms with Crippen LogP contribution in [-0.2, 0) is 0 Å². The summed E-state index contributed by atoms with van der Waals surface area (Å²) in [5.41, 5.74) is -0.296. The largest absolute Gasteiger partial charge is 0.478 e. The molecule has 1 aromatic carbocycles. The number of hydrogen-bond acceptors (Lipinski definition) is 2. The second-order valence-electron chi connectivity index (χ2n) is 2.42. The Morgan fingerprint density at radius 2 is 2.13 bits per heavy atom. The highest BCUT2D eigenvalue weighted by atomic mass is 79.9. The number of carbonyl (C=O) groups is 1. The molecule has 1 aromatic rings. The first kappa shape index (κ1) is 12.2. The number of carboxylic acid groups (broad SMARTS) is 1. The zero-order valence-electron chi connectivity index (χ0n) is 7.01. The van der Waals surface area contributed by atoms with E-state index in [-0.39, 0.29) is 20.8 Å². The van der Waals surface area contributed by atoms with Crippen LogP contribution in [-0.4, -0.2) is 17.7 Å². The predicted molar refractivity (Wildman–Crippen MR) is 52.7 cm³/mol. The molecule has 0 aromatic heterocycles. The first-order valence-corrected chi connectivity index (χ1v) is 4.76. The van der Waals surface area contributed by atoms with Crippen LogP contribution < -0.4 is 4.74 Å². The molecule has 0 aliphatic carbocycles. The van der Waals surface area contributed by atoms with Crippen LogP contribution in [0, 0.1) is 0 Å². The second kappa shape index (κ2) is 4.76. The first-order chi connectivity index (χ1) is 6.93. The monoisotopic (exact) mass is 300 g/mol. The molecule has 0 heterocycles. The van der Waals surface area contributed by atoms with E-state index in [0.29, 0.717) is 0 Å². The molecule has 0 fully saturated rings. The standard InChI is InChI=1S/C8H4BrClF2O3/c9-4-2-1-3(7(13)14)5(10)6(4)15-8(11)12/h1-2,8H,(H,13,14). The summed E-state index contributed by atoms with van der Waals surface area (Å²) in [6, 6.07) is 2.46. The molecule has 0 aliphatic heterocycles. The van der Waals surface area contributed by atoms with Gasteiger partial charge in [0.2, 0.25) is 0 Å². The lowest BCUT2D eigenvalue weighted by molar-refractivity contribution is -0.0503. The molecule has 7 heteroatoms. The van der Waals surface area contributed by atoms with Crippen LogP contribution >= 0.6 is 27.5 Å². The van der Waals surface area contributed by atoms with E-state index in [2.05, 4.69) is 20.7 Å². The summed E-state index contributed by atoms with van der Waals surface area (Å²) < 4.78 is 28.2. The van der Waals surface area contributed by atoms with E-state index in [4.69, 9.17) is 16.7 Å². The average molecular weight is 301 g/mol. The van der Waals surface area contributed by atoms with Crippen LogP contribution in [0.2, 0.25) is 5.02 Å². The number of alkyl halides is 2. The van der Waals surface area contributed by atoms with Crippen molar-refractivity contribution in [3.8, 4) is 5.75 Å². The smallest absolute Gasteiger partial charge is 0.387 e. The third-order valence-corrected chi connectivity index (χ3v) is 2.49. The van der Waals surface area contributed by atoms with Gasteiger partial charge >= 0.3 is 12.6 Å². The first-order valence-electron chi connectivity index (χ1n) is 3.59. The van der Waals surface area contributed by atoms with E-state index in [1.165, 1.54) is 12.1 Å². The Kier molecular flexibility index (Phi) is 3.87. The molecule has 0 bridgehead atoms. The minimum absolute atomic E-state index is 0.165. The Balaban J connectivity index is 3.24. The summed E-state index contributed by atoms with van der Waals surface area (Å²) >= 11 is 8.51. The van der Waals surface area contributed by atoms with E-state index < -0.39 is 12.6 Å². The van der Waals surface area contributed by atoms with Crippen LogP contribution in [0.5, 0.6) is 5.75 Å². The van der Waals surface area contributed by atoms with Crippen molar-refractivity contribution in [3.63, 3.8) is 0 Å². The third kappa shape index (κ3) is 2.79. The Labute approximate surface area is 96.7 Å². The maximum absolute atomic E-state index is 12.0. The molecule has 0 amide bonds. The fourth-order valence-corrected chi connectivity index (χ4v) is 1.72. The van der Waals surface area contributed by atoms with Gasteiger partial charge in [-0.1, -0.05) is 11.6 Å². The summed E-state index contributed by atoms with van der Waals surface area (Å²) in [5, 5.41) is 8.31. The predicted octanol–water partition coefficient (Wildman–Crippen LogP) is 3.40. The molecular weight excluding hydrogens is 297 g/mol. The molecular formula is C8H4BrClF2O3. The number of hydrogen-bond donors (Lipinski definition) is 1. The summed E-state index contributed by atoms with van der Waals surface area (Å²) in [6.45, 7) is -3.07. The quantitative estimate of drug-likeness (QED) is 0.930. The van der Waals surface area contributed by atoms with Gasteiger partial charge in [0.05, 0.1) is 15.1 Å². The van der Waals surface area contributed by atoms with Gasteiger partial charge in [0.25, 0.3) is 0 Å². The van der Waals surface area contributed by atoms with E-state index in [1.807, 2.05) is 0 Å². The third-order valence-electron chi connectivity index (χ3n) is 1.49. The second-order valence-corrected chi connectivity index (χ2v) is 3.65. The Morgan fingerprint density at radius 3 is 2.60 bits per heavy atom. The van der Waals surface area contributed by atoms with E-state index in [9.17, 15) is 13.6 Å². The minimum atomic E-state index is -3.07. The van der Waals surface area contributed by atoms with Gasteiger partial charge in [0, 0.05) is 0 Å². The zero-order valence-corrected chi connectivity index (χ0v) is 9.35. The molecule has 0 aliphatic rings. The fraction of sp³-hybridized carbons (Fsp3) is 0.125. The van der Waals surface area contributed by atoms with Gasteiger partial charge in [-0.15, -0.1) is 0 Å². The van der Waals surface area contributed by atoms with Crippen LogP contribution in [0.3, 0.4) is 0 Å². The van der Waals surface area contributed by atoms with E-state index >= 15 is 0 Å². The lowest BCUT2D eigenvalue weighted by atomic mass is 10.2. The van der Waals surface area contributed by atoms with Gasteiger partial charge in [-0.05, 0) is 28.1 Å². The Hall–Kier alpha value is -0.880. The molecule has 0 atom stereocenters. The molecule has 0 radical (unpaired) electrons. The molecule has 15 heavy (non-hydrogen) atoms. The minimum Gasteiger partial charge on any atom is -0.478 e. The lowest BCUT2D eigenvalue weighted by Crippen LogP contribution is -2.06. The van der Waals surface area contributed by atoms with Crippen LogP contribution in [0.1, 0.15) is 10.4 Å². The van der Waals surface area contributed by atoms with Gasteiger partial charge in [-0.2, -0.15) is 8.78 Å². The number of halogens is 4. The van der Waals surface area contributed by atoms with Crippen LogP contribution in [0.25, 0.3) is 0 Å². The number of aromatic carboxylic acids is 1. The summed E-state index contributed by atoms with van der Waals surface area (Å²) in [4.78, 5) is 10.6. The van der Waals surface area contributed by atoms with Crippen molar-refractivity contribution in [2.75, 3.05) is 0 Å². The van der Waals surface area contributed by atoms with Crippen molar-refractivity contribution in [1.29, 1.82) is 0 Å². The van der Waals surface area contributed by atoms with E-state index in [0.717, 1.165) is 0 Å². The zero-order chi connectivity index (χ0) is 11.6. The lowest BCUT2D eigenvalue weighted by Gasteiger charge is -2.10. The van der Waals surface area contributed by atoms with Crippen molar-refractivity contribution in [2.45, 2.75) is 6.61 Å². The fourth-order valence-electron chi connectivity index (χ4n) is 0.895. The van der Waals surface area contributed by atoms with Crippen molar-refractivity contribution < 1.29 is 23.4 Å². The summed E-state index contributed by atoms with van der Waals surface area (Å²) in [5.74, 6) is -1.70. The number of benzene rings is 1. The van der Waals surface area contributed by atoms with Crippen molar-refractivity contribution in [2.24, 2.45) is 0 Å². The summed E-state index contributed by atoms with van der Waals surface area (Å²) in [6.07, 6.45) is 0. The van der Waals surface area contributed by atoms with E-state index in [1.54, 1.807) is 0 Å². The number of carboxylic acids is 1. The molecule has 0 saturated carbocycles. The topological polar surface area (TPSA) is 46.5 Å². The molecule has 0 spiro atoms. The van der Waals surface area contributed by atoms with Gasteiger partial charge in [0.15, 0.2) is 5.75 Å². The molecule has 1 rings (SSSR count). The van der Waals surface area contributed by atoms with Crippen molar-refractivity contribution >= 4 is 33.5 Å². The summed E-state index contributed by atoms with van der Waals surface area (Å²) in [7, 11) is 0. The van der Waals surface area contributed by atoms with Gasteiger partial charge < -0.3 is 9.84 Å².